The summed E-state index contributed by atoms with van der Waals surface area (Å²) in [6.07, 6.45) is 4.52. The second-order valence-electron chi connectivity index (χ2n) is 5.50. The van der Waals surface area contributed by atoms with Gasteiger partial charge in [0.1, 0.15) is 11.4 Å². The zero-order valence-corrected chi connectivity index (χ0v) is 15.3. The van der Waals surface area contributed by atoms with Crippen LogP contribution in [0.2, 0.25) is 5.02 Å². The third kappa shape index (κ3) is 5.12. The van der Waals surface area contributed by atoms with E-state index in [9.17, 15) is 4.79 Å². The van der Waals surface area contributed by atoms with E-state index in [1.54, 1.807) is 30.5 Å². The van der Waals surface area contributed by atoms with E-state index in [1.165, 1.54) is 12.4 Å². The normalized spacial score (nSPS) is 10.7. The number of benzene rings is 2. The van der Waals surface area contributed by atoms with Crippen molar-refractivity contribution in [3.05, 3.63) is 77.2 Å². The van der Waals surface area contributed by atoms with Crippen molar-refractivity contribution < 1.29 is 9.53 Å². The molecule has 0 saturated carbocycles. The molecule has 2 aromatic carbocycles. The smallest absolute Gasteiger partial charge is 0.291 e. The van der Waals surface area contributed by atoms with Crippen LogP contribution >= 0.6 is 11.6 Å². The average molecular weight is 381 g/mol. The third-order valence-corrected chi connectivity index (χ3v) is 3.83. The lowest BCUT2D eigenvalue weighted by Gasteiger charge is -2.05. The highest BCUT2D eigenvalue weighted by atomic mass is 35.5. The Morgan fingerprint density at radius 1 is 1.15 bits per heavy atom. The maximum atomic E-state index is 12.2. The number of carbonyl (C=O) groups is 1. The SMILES string of the molecule is CCOc1ccc(-c2cncc(C(=O)N/N=C/c3ccc(Cl)cc3)n2)cc1. The number of aromatic nitrogens is 2. The summed E-state index contributed by atoms with van der Waals surface area (Å²) in [4.78, 5) is 20.7. The molecule has 6 nitrogen and oxygen atoms in total. The maximum absolute atomic E-state index is 12.2. The van der Waals surface area contributed by atoms with E-state index in [-0.39, 0.29) is 5.69 Å². The Morgan fingerprint density at radius 2 is 1.89 bits per heavy atom. The number of hydrogen-bond acceptors (Lipinski definition) is 5. The van der Waals surface area contributed by atoms with E-state index < -0.39 is 5.91 Å². The monoisotopic (exact) mass is 380 g/mol. The zero-order valence-electron chi connectivity index (χ0n) is 14.6. The molecule has 0 aliphatic carbocycles. The van der Waals surface area contributed by atoms with Crippen molar-refractivity contribution in [3.8, 4) is 17.0 Å². The minimum Gasteiger partial charge on any atom is -0.494 e. The third-order valence-electron chi connectivity index (χ3n) is 3.58. The summed E-state index contributed by atoms with van der Waals surface area (Å²) in [7, 11) is 0. The molecule has 3 rings (SSSR count). The Hall–Kier alpha value is -3.25. The van der Waals surface area contributed by atoms with Crippen LogP contribution in [-0.2, 0) is 0 Å². The van der Waals surface area contributed by atoms with Gasteiger partial charge in [0.25, 0.3) is 5.91 Å². The fourth-order valence-electron chi connectivity index (χ4n) is 2.27. The van der Waals surface area contributed by atoms with Crippen molar-refractivity contribution in [1.82, 2.24) is 15.4 Å². The molecular weight excluding hydrogens is 364 g/mol. The van der Waals surface area contributed by atoms with E-state index in [4.69, 9.17) is 16.3 Å². The summed E-state index contributed by atoms with van der Waals surface area (Å²) in [5, 5.41) is 4.57. The lowest BCUT2D eigenvalue weighted by atomic mass is 10.1. The minimum absolute atomic E-state index is 0.176. The molecule has 0 unspecified atom stereocenters. The lowest BCUT2D eigenvalue weighted by Crippen LogP contribution is -2.19. The molecule has 1 amide bonds. The molecule has 27 heavy (non-hydrogen) atoms. The van der Waals surface area contributed by atoms with Gasteiger partial charge in [0, 0.05) is 10.6 Å². The highest BCUT2D eigenvalue weighted by Crippen LogP contribution is 2.20. The van der Waals surface area contributed by atoms with E-state index in [0.29, 0.717) is 17.3 Å². The van der Waals surface area contributed by atoms with Crippen LogP contribution in [0.1, 0.15) is 23.0 Å². The fourth-order valence-corrected chi connectivity index (χ4v) is 2.40. The number of ether oxygens (including phenoxy) is 1. The van der Waals surface area contributed by atoms with Crippen molar-refractivity contribution in [1.29, 1.82) is 0 Å². The molecule has 0 aliphatic heterocycles. The Morgan fingerprint density at radius 3 is 2.59 bits per heavy atom. The molecule has 1 N–H and O–H groups in total. The quantitative estimate of drug-likeness (QED) is 0.518. The molecule has 0 atom stereocenters. The van der Waals surface area contributed by atoms with Gasteiger partial charge in [-0.1, -0.05) is 23.7 Å². The van der Waals surface area contributed by atoms with Crippen LogP contribution in [0.15, 0.2) is 66.0 Å². The van der Waals surface area contributed by atoms with E-state index in [2.05, 4.69) is 20.5 Å². The predicted molar refractivity (Wildman–Crippen MR) is 105 cm³/mol. The molecule has 0 saturated heterocycles. The molecule has 7 heteroatoms. The fraction of sp³-hybridized carbons (Fsp3) is 0.100. The summed E-state index contributed by atoms with van der Waals surface area (Å²) < 4.78 is 5.42. The van der Waals surface area contributed by atoms with Crippen LogP contribution in [0.25, 0.3) is 11.3 Å². The van der Waals surface area contributed by atoms with E-state index in [0.717, 1.165) is 16.9 Å². The van der Waals surface area contributed by atoms with Crippen molar-refractivity contribution in [3.63, 3.8) is 0 Å². The van der Waals surface area contributed by atoms with Crippen LogP contribution < -0.4 is 10.2 Å². The Labute approximate surface area is 161 Å². The molecule has 1 heterocycles. The number of nitrogens with one attached hydrogen (secondary N) is 1. The number of halogens is 1. The topological polar surface area (TPSA) is 76.5 Å². The van der Waals surface area contributed by atoms with Gasteiger partial charge >= 0.3 is 0 Å². The van der Waals surface area contributed by atoms with Crippen LogP contribution in [0.5, 0.6) is 5.75 Å². The van der Waals surface area contributed by atoms with E-state index >= 15 is 0 Å². The predicted octanol–water partition coefficient (Wildman–Crippen LogP) is 3.96. The molecule has 0 bridgehead atoms. The molecule has 136 valence electrons. The molecule has 0 aliphatic rings. The largest absolute Gasteiger partial charge is 0.494 e. The average Bonchev–Trinajstić information content (AvgIpc) is 2.70. The minimum atomic E-state index is -0.444. The van der Waals surface area contributed by atoms with Gasteiger partial charge in [-0.25, -0.2) is 10.4 Å². The number of hydrogen-bond donors (Lipinski definition) is 1. The summed E-state index contributed by atoms with van der Waals surface area (Å²) >= 11 is 5.83. The summed E-state index contributed by atoms with van der Waals surface area (Å²) in [6.45, 7) is 2.53. The van der Waals surface area contributed by atoms with Crippen molar-refractivity contribution in [2.45, 2.75) is 6.92 Å². The Balaban J connectivity index is 1.68. The molecule has 0 spiro atoms. The van der Waals surface area contributed by atoms with Gasteiger partial charge in [0.2, 0.25) is 0 Å². The number of carbonyl (C=O) groups excluding carboxylic acids is 1. The highest BCUT2D eigenvalue weighted by molar-refractivity contribution is 6.30. The second kappa shape index (κ2) is 8.91. The van der Waals surface area contributed by atoms with Gasteiger partial charge in [-0.05, 0) is 48.9 Å². The molecule has 3 aromatic rings. The van der Waals surface area contributed by atoms with Gasteiger partial charge in [-0.3, -0.25) is 9.78 Å². The van der Waals surface area contributed by atoms with E-state index in [1.807, 2.05) is 31.2 Å². The van der Waals surface area contributed by atoms with Crippen LogP contribution in [-0.4, -0.2) is 28.7 Å². The number of hydrazone groups is 1. The molecular formula is C20H17ClN4O2. The first kappa shape index (κ1) is 18.5. The first-order chi connectivity index (χ1) is 13.2. The van der Waals surface area contributed by atoms with Crippen molar-refractivity contribution >= 4 is 23.7 Å². The highest BCUT2D eigenvalue weighted by Gasteiger charge is 2.09. The number of rotatable bonds is 6. The lowest BCUT2D eigenvalue weighted by molar-refractivity contribution is 0.0950. The van der Waals surface area contributed by atoms with Gasteiger partial charge < -0.3 is 4.74 Å². The number of nitrogens with zero attached hydrogens (tertiary/aromatic N) is 3. The van der Waals surface area contributed by atoms with Crippen molar-refractivity contribution in [2.24, 2.45) is 5.10 Å². The zero-order chi connectivity index (χ0) is 19.1. The summed E-state index contributed by atoms with van der Waals surface area (Å²) in [6, 6.07) is 14.5. The maximum Gasteiger partial charge on any atom is 0.291 e. The summed E-state index contributed by atoms with van der Waals surface area (Å²) in [5.74, 6) is 0.333. The Bertz CT molecular complexity index is 941. The van der Waals surface area contributed by atoms with Crippen LogP contribution in [0, 0.1) is 0 Å². The molecule has 0 radical (unpaired) electrons. The molecule has 1 aromatic heterocycles. The van der Waals surface area contributed by atoms with Gasteiger partial charge in [-0.2, -0.15) is 5.10 Å². The first-order valence-electron chi connectivity index (χ1n) is 8.30. The first-order valence-corrected chi connectivity index (χ1v) is 8.68. The summed E-state index contributed by atoms with van der Waals surface area (Å²) in [5.41, 5.74) is 4.86. The second-order valence-corrected chi connectivity index (χ2v) is 5.93. The Kier molecular flexibility index (Phi) is 6.12. The van der Waals surface area contributed by atoms with Crippen LogP contribution in [0.4, 0.5) is 0 Å². The van der Waals surface area contributed by atoms with Crippen molar-refractivity contribution in [2.75, 3.05) is 6.61 Å². The standard InChI is InChI=1S/C20H17ClN4O2/c1-2-27-17-9-5-15(6-10-17)18-12-22-13-19(24-18)20(26)25-23-11-14-3-7-16(21)8-4-14/h3-13H,2H2,1H3,(H,25,26)/b23-11+. The van der Waals surface area contributed by atoms with Gasteiger partial charge in [0.05, 0.1) is 30.9 Å². The van der Waals surface area contributed by atoms with Gasteiger partial charge in [0.15, 0.2) is 0 Å². The molecule has 0 fully saturated rings. The number of amides is 1. The van der Waals surface area contributed by atoms with Crippen LogP contribution in [0.3, 0.4) is 0 Å². The van der Waals surface area contributed by atoms with Gasteiger partial charge in [-0.15, -0.1) is 0 Å².